The van der Waals surface area contributed by atoms with Crippen molar-refractivity contribution < 1.29 is 0 Å². The standard InChI is InChI=1S/C11H23NS/c1-2-6-10(12)9-13-11-7-4-3-5-8-11/h10-11H,2-9,12H2,1H3/t10-/m1/s1. The molecule has 0 heterocycles. The molecule has 0 bridgehead atoms. The summed E-state index contributed by atoms with van der Waals surface area (Å²) in [5.41, 5.74) is 5.98. The van der Waals surface area contributed by atoms with E-state index in [0.717, 1.165) is 5.25 Å². The van der Waals surface area contributed by atoms with Crippen molar-refractivity contribution in [1.82, 2.24) is 0 Å². The van der Waals surface area contributed by atoms with Gasteiger partial charge in [0.1, 0.15) is 0 Å². The van der Waals surface area contributed by atoms with Crippen LogP contribution in [-0.4, -0.2) is 17.0 Å². The molecule has 0 aliphatic heterocycles. The minimum atomic E-state index is 0.442. The molecule has 0 aromatic rings. The third-order valence-corrected chi connectivity index (χ3v) is 4.32. The van der Waals surface area contributed by atoms with E-state index in [2.05, 4.69) is 18.7 Å². The van der Waals surface area contributed by atoms with Gasteiger partial charge in [-0.15, -0.1) is 0 Å². The molecule has 2 heteroatoms. The van der Waals surface area contributed by atoms with Gasteiger partial charge in [-0.25, -0.2) is 0 Å². The van der Waals surface area contributed by atoms with Crippen molar-refractivity contribution in [2.75, 3.05) is 5.75 Å². The predicted octanol–water partition coefficient (Wildman–Crippen LogP) is 3.18. The van der Waals surface area contributed by atoms with E-state index in [-0.39, 0.29) is 0 Å². The lowest BCUT2D eigenvalue weighted by Gasteiger charge is -2.22. The van der Waals surface area contributed by atoms with Crippen molar-refractivity contribution in [2.45, 2.75) is 63.2 Å². The van der Waals surface area contributed by atoms with Crippen LogP contribution < -0.4 is 5.73 Å². The van der Waals surface area contributed by atoms with Crippen LogP contribution in [0.5, 0.6) is 0 Å². The van der Waals surface area contributed by atoms with Crippen LogP contribution in [0, 0.1) is 0 Å². The van der Waals surface area contributed by atoms with Gasteiger partial charge >= 0.3 is 0 Å². The molecule has 78 valence electrons. The zero-order valence-corrected chi connectivity index (χ0v) is 9.61. The molecule has 1 fully saturated rings. The molecule has 1 aliphatic carbocycles. The highest BCUT2D eigenvalue weighted by atomic mass is 32.2. The quantitative estimate of drug-likeness (QED) is 0.739. The number of thioether (sulfide) groups is 1. The monoisotopic (exact) mass is 201 g/mol. The van der Waals surface area contributed by atoms with Gasteiger partial charge in [-0.2, -0.15) is 11.8 Å². The van der Waals surface area contributed by atoms with E-state index < -0.39 is 0 Å². The first-order valence-electron chi connectivity index (χ1n) is 5.70. The van der Waals surface area contributed by atoms with E-state index in [4.69, 9.17) is 5.73 Å². The second-order valence-corrected chi connectivity index (χ2v) is 5.48. The number of rotatable bonds is 5. The molecule has 1 rings (SSSR count). The number of hydrogen-bond acceptors (Lipinski definition) is 2. The Labute approximate surface area is 86.8 Å². The zero-order chi connectivity index (χ0) is 9.52. The molecule has 0 aromatic heterocycles. The van der Waals surface area contributed by atoms with Crippen LogP contribution in [0.1, 0.15) is 51.9 Å². The highest BCUT2D eigenvalue weighted by Crippen LogP contribution is 2.28. The van der Waals surface area contributed by atoms with Crippen molar-refractivity contribution in [3.8, 4) is 0 Å². The van der Waals surface area contributed by atoms with Crippen molar-refractivity contribution in [3.63, 3.8) is 0 Å². The summed E-state index contributed by atoms with van der Waals surface area (Å²) in [4.78, 5) is 0. The fourth-order valence-corrected chi connectivity index (χ4v) is 3.30. The van der Waals surface area contributed by atoms with Gasteiger partial charge < -0.3 is 5.73 Å². The second-order valence-electron chi connectivity index (χ2n) is 4.14. The van der Waals surface area contributed by atoms with Gasteiger partial charge in [0.05, 0.1) is 0 Å². The van der Waals surface area contributed by atoms with Crippen LogP contribution in [0.15, 0.2) is 0 Å². The lowest BCUT2D eigenvalue weighted by molar-refractivity contribution is 0.515. The molecule has 0 unspecified atom stereocenters. The molecular weight excluding hydrogens is 178 g/mol. The molecule has 2 N–H and O–H groups in total. The summed E-state index contributed by atoms with van der Waals surface area (Å²) >= 11 is 2.12. The Morgan fingerprint density at radius 1 is 1.31 bits per heavy atom. The smallest absolute Gasteiger partial charge is 0.0130 e. The van der Waals surface area contributed by atoms with Gasteiger partial charge in [0.15, 0.2) is 0 Å². The summed E-state index contributed by atoms with van der Waals surface area (Å²) in [5.74, 6) is 1.18. The van der Waals surface area contributed by atoms with Crippen LogP contribution in [0.3, 0.4) is 0 Å². The lowest BCUT2D eigenvalue weighted by atomic mass is 10.0. The van der Waals surface area contributed by atoms with Gasteiger partial charge in [-0.1, -0.05) is 32.6 Å². The van der Waals surface area contributed by atoms with Gasteiger partial charge in [0.2, 0.25) is 0 Å². The molecule has 1 nitrogen and oxygen atoms in total. The maximum Gasteiger partial charge on any atom is 0.0130 e. The average Bonchev–Trinajstić information content (AvgIpc) is 2.17. The van der Waals surface area contributed by atoms with Crippen LogP contribution >= 0.6 is 11.8 Å². The van der Waals surface area contributed by atoms with Crippen LogP contribution in [-0.2, 0) is 0 Å². The minimum Gasteiger partial charge on any atom is -0.327 e. The summed E-state index contributed by atoms with van der Waals surface area (Å²) in [6, 6.07) is 0.442. The Balaban J connectivity index is 2.03. The van der Waals surface area contributed by atoms with Crippen molar-refractivity contribution >= 4 is 11.8 Å². The van der Waals surface area contributed by atoms with Crippen molar-refractivity contribution in [2.24, 2.45) is 5.73 Å². The second kappa shape index (κ2) is 6.72. The Morgan fingerprint density at radius 3 is 2.62 bits per heavy atom. The Kier molecular flexibility index (Phi) is 5.88. The predicted molar refractivity (Wildman–Crippen MR) is 62.2 cm³/mol. The number of nitrogens with two attached hydrogens (primary N) is 1. The fraction of sp³-hybridized carbons (Fsp3) is 1.00. The molecule has 0 radical (unpaired) electrons. The van der Waals surface area contributed by atoms with E-state index in [0.29, 0.717) is 6.04 Å². The molecule has 1 saturated carbocycles. The third-order valence-electron chi connectivity index (χ3n) is 2.76. The summed E-state index contributed by atoms with van der Waals surface area (Å²) in [7, 11) is 0. The molecule has 0 saturated heterocycles. The van der Waals surface area contributed by atoms with Gasteiger partial charge in [0, 0.05) is 17.0 Å². The van der Waals surface area contributed by atoms with E-state index >= 15 is 0 Å². The highest BCUT2D eigenvalue weighted by Gasteiger charge is 2.14. The molecule has 0 spiro atoms. The molecule has 1 atom stereocenters. The zero-order valence-electron chi connectivity index (χ0n) is 8.80. The first kappa shape index (κ1) is 11.4. The minimum absolute atomic E-state index is 0.442. The maximum absolute atomic E-state index is 5.98. The average molecular weight is 201 g/mol. The Hall–Kier alpha value is 0.310. The van der Waals surface area contributed by atoms with Gasteiger partial charge in [-0.05, 0) is 19.3 Å². The van der Waals surface area contributed by atoms with Crippen LogP contribution in [0.25, 0.3) is 0 Å². The summed E-state index contributed by atoms with van der Waals surface area (Å²) in [5, 5.41) is 0.927. The van der Waals surface area contributed by atoms with Crippen LogP contribution in [0.2, 0.25) is 0 Å². The fourth-order valence-electron chi connectivity index (χ4n) is 1.95. The van der Waals surface area contributed by atoms with Crippen LogP contribution in [0.4, 0.5) is 0 Å². The van der Waals surface area contributed by atoms with E-state index in [9.17, 15) is 0 Å². The highest BCUT2D eigenvalue weighted by molar-refractivity contribution is 7.99. The normalized spacial score (nSPS) is 21.7. The Bertz CT molecular complexity index is 121. The molecule has 1 aliphatic rings. The summed E-state index contributed by atoms with van der Waals surface area (Å²) < 4.78 is 0. The van der Waals surface area contributed by atoms with E-state index in [1.165, 1.54) is 50.7 Å². The molecule has 0 aromatic carbocycles. The largest absolute Gasteiger partial charge is 0.327 e. The third kappa shape index (κ3) is 4.92. The molecule has 13 heavy (non-hydrogen) atoms. The van der Waals surface area contributed by atoms with Crippen molar-refractivity contribution in [1.29, 1.82) is 0 Å². The van der Waals surface area contributed by atoms with E-state index in [1.54, 1.807) is 0 Å². The SMILES string of the molecule is CCC[C@@H](N)CSC1CCCCC1. The van der Waals surface area contributed by atoms with Gasteiger partial charge in [-0.3, -0.25) is 0 Å². The number of hydrogen-bond donors (Lipinski definition) is 1. The topological polar surface area (TPSA) is 26.0 Å². The van der Waals surface area contributed by atoms with Gasteiger partial charge in [0.25, 0.3) is 0 Å². The molecular formula is C11H23NS. The first-order valence-corrected chi connectivity index (χ1v) is 6.75. The molecule has 0 amide bonds. The summed E-state index contributed by atoms with van der Waals surface area (Å²) in [6.45, 7) is 2.21. The lowest BCUT2D eigenvalue weighted by Crippen LogP contribution is -2.24. The summed E-state index contributed by atoms with van der Waals surface area (Å²) in [6.07, 6.45) is 9.64. The Morgan fingerprint density at radius 2 is 2.00 bits per heavy atom. The van der Waals surface area contributed by atoms with Crippen molar-refractivity contribution in [3.05, 3.63) is 0 Å². The van der Waals surface area contributed by atoms with E-state index in [1.807, 2.05) is 0 Å². The first-order chi connectivity index (χ1) is 6.33. The maximum atomic E-state index is 5.98.